The summed E-state index contributed by atoms with van der Waals surface area (Å²) in [6, 6.07) is -0.0282. The number of hydrogen-bond acceptors (Lipinski definition) is 4. The van der Waals surface area contributed by atoms with Crippen molar-refractivity contribution in [3.63, 3.8) is 0 Å². The number of carbonyl (C=O) groups is 2. The van der Waals surface area contributed by atoms with Crippen molar-refractivity contribution in [3.05, 3.63) is 18.0 Å². The summed E-state index contributed by atoms with van der Waals surface area (Å²) in [5, 5.41) is 13.4. The van der Waals surface area contributed by atoms with Gasteiger partial charge in [-0.15, -0.1) is 0 Å². The first-order valence-electron chi connectivity index (χ1n) is 7.70. The van der Waals surface area contributed by atoms with Gasteiger partial charge in [0.25, 0.3) is 0 Å². The highest BCUT2D eigenvalue weighted by Crippen LogP contribution is 2.20. The van der Waals surface area contributed by atoms with Crippen molar-refractivity contribution in [2.45, 2.75) is 45.3 Å². The van der Waals surface area contributed by atoms with Gasteiger partial charge in [-0.1, -0.05) is 0 Å². The summed E-state index contributed by atoms with van der Waals surface area (Å²) < 4.78 is 1.81. The Balaban J connectivity index is 1.97. The maximum absolute atomic E-state index is 12.5. The van der Waals surface area contributed by atoms with E-state index in [1.807, 2.05) is 13.1 Å². The van der Waals surface area contributed by atoms with Crippen molar-refractivity contribution in [3.8, 4) is 0 Å². The molecule has 1 unspecified atom stereocenters. The summed E-state index contributed by atoms with van der Waals surface area (Å²) in [4.78, 5) is 27.3. The van der Waals surface area contributed by atoms with E-state index in [1.165, 1.54) is 0 Å². The van der Waals surface area contributed by atoms with Gasteiger partial charge in [-0.25, -0.2) is 0 Å². The van der Waals surface area contributed by atoms with E-state index in [9.17, 15) is 14.7 Å². The van der Waals surface area contributed by atoms with Crippen LogP contribution in [0.3, 0.4) is 0 Å². The highest BCUT2D eigenvalue weighted by atomic mass is 16.3. The second-order valence-electron chi connectivity index (χ2n) is 5.64. The van der Waals surface area contributed by atoms with Crippen LogP contribution in [0.15, 0.2) is 12.4 Å². The Labute approximate surface area is 130 Å². The fraction of sp³-hybridized carbons (Fsp3) is 0.667. The summed E-state index contributed by atoms with van der Waals surface area (Å²) in [5.74, 6) is 0.0561. The number of hydrogen-bond donors (Lipinski definition) is 1. The van der Waals surface area contributed by atoms with Gasteiger partial charge < -0.3 is 14.9 Å². The van der Waals surface area contributed by atoms with Gasteiger partial charge in [0, 0.05) is 57.3 Å². The molecule has 1 aliphatic heterocycles. The molecule has 22 heavy (non-hydrogen) atoms. The average Bonchev–Trinajstić information content (AvgIpc) is 3.08. The van der Waals surface area contributed by atoms with E-state index < -0.39 is 0 Å². The maximum Gasteiger partial charge on any atom is 0.225 e. The molecule has 2 heterocycles. The van der Waals surface area contributed by atoms with Crippen LogP contribution in [-0.4, -0.2) is 62.7 Å². The molecule has 1 aliphatic rings. The lowest BCUT2D eigenvalue weighted by Gasteiger charge is -2.25. The largest absolute Gasteiger partial charge is 0.395 e. The molecule has 0 aliphatic carbocycles. The summed E-state index contributed by atoms with van der Waals surface area (Å²) in [7, 11) is 1.74. The number of likely N-dealkylation sites (tertiary alicyclic amines) is 1. The van der Waals surface area contributed by atoms with Crippen molar-refractivity contribution in [2.75, 3.05) is 20.2 Å². The van der Waals surface area contributed by atoms with Crippen LogP contribution in [0.25, 0.3) is 0 Å². The second-order valence-corrected chi connectivity index (χ2v) is 5.64. The zero-order valence-electron chi connectivity index (χ0n) is 13.2. The molecule has 7 heteroatoms. The third kappa shape index (κ3) is 3.85. The lowest BCUT2D eigenvalue weighted by atomic mass is 10.1. The number of rotatable bonds is 7. The molecule has 1 saturated heterocycles. The Kier molecular flexibility index (Phi) is 5.54. The Morgan fingerprint density at radius 1 is 1.55 bits per heavy atom. The van der Waals surface area contributed by atoms with Gasteiger partial charge >= 0.3 is 0 Å². The molecule has 1 atom stereocenters. The van der Waals surface area contributed by atoms with Crippen molar-refractivity contribution in [1.29, 1.82) is 0 Å². The maximum atomic E-state index is 12.5. The Hall–Kier alpha value is -1.89. The monoisotopic (exact) mass is 308 g/mol. The molecule has 0 spiro atoms. The van der Waals surface area contributed by atoms with Crippen LogP contribution in [0.5, 0.6) is 0 Å². The molecule has 2 rings (SSSR count). The van der Waals surface area contributed by atoms with E-state index in [2.05, 4.69) is 5.10 Å². The summed E-state index contributed by atoms with van der Waals surface area (Å²) in [5.41, 5.74) is 0.944. The average molecular weight is 308 g/mol. The molecule has 1 N–H and O–H groups in total. The molecule has 2 amide bonds. The number of aromatic nitrogens is 2. The lowest BCUT2D eigenvalue weighted by molar-refractivity contribution is -0.134. The standard InChI is InChI=1S/C15H24N4O3/c1-3-19-11-12(9-16-19)10-18(6-7-20)15(22)8-13-4-5-14(21)17(13)2/h9,11,13,20H,3-8,10H2,1-2H3. The van der Waals surface area contributed by atoms with E-state index >= 15 is 0 Å². The first-order chi connectivity index (χ1) is 10.5. The minimum absolute atomic E-state index is 0.0282. The Bertz CT molecular complexity index is 529. The SMILES string of the molecule is CCn1cc(CN(CCO)C(=O)CC2CCC(=O)N2C)cn1. The molecule has 1 aromatic heterocycles. The number of aryl methyl sites for hydroxylation is 1. The van der Waals surface area contributed by atoms with E-state index in [0.717, 1.165) is 18.5 Å². The smallest absolute Gasteiger partial charge is 0.225 e. The third-order valence-electron chi connectivity index (χ3n) is 4.15. The van der Waals surface area contributed by atoms with Gasteiger partial charge in [-0.3, -0.25) is 14.3 Å². The van der Waals surface area contributed by atoms with Crippen molar-refractivity contribution in [2.24, 2.45) is 0 Å². The van der Waals surface area contributed by atoms with Gasteiger partial charge in [0.1, 0.15) is 0 Å². The number of aliphatic hydroxyl groups is 1. The van der Waals surface area contributed by atoms with Gasteiger partial charge in [0.15, 0.2) is 0 Å². The minimum Gasteiger partial charge on any atom is -0.395 e. The number of carbonyl (C=O) groups excluding carboxylic acids is 2. The molecular formula is C15H24N4O3. The predicted octanol–water partition coefficient (Wildman–Crippen LogP) is 0.235. The van der Waals surface area contributed by atoms with Gasteiger partial charge in [0.2, 0.25) is 11.8 Å². The third-order valence-corrected chi connectivity index (χ3v) is 4.15. The predicted molar refractivity (Wildman–Crippen MR) is 80.8 cm³/mol. The highest BCUT2D eigenvalue weighted by Gasteiger charge is 2.30. The van der Waals surface area contributed by atoms with Crippen LogP contribution in [0.1, 0.15) is 31.7 Å². The fourth-order valence-electron chi connectivity index (χ4n) is 2.73. The van der Waals surface area contributed by atoms with Crippen molar-refractivity contribution < 1.29 is 14.7 Å². The molecule has 0 saturated carbocycles. The van der Waals surface area contributed by atoms with Gasteiger partial charge in [0.05, 0.1) is 12.8 Å². The highest BCUT2D eigenvalue weighted by molar-refractivity contribution is 5.81. The molecule has 0 bridgehead atoms. The molecule has 0 aromatic carbocycles. The zero-order chi connectivity index (χ0) is 16.1. The number of nitrogens with zero attached hydrogens (tertiary/aromatic N) is 4. The zero-order valence-corrected chi connectivity index (χ0v) is 13.2. The molecule has 1 aromatic rings. The first-order valence-corrected chi connectivity index (χ1v) is 7.70. The minimum atomic E-state index is -0.0763. The topological polar surface area (TPSA) is 78.7 Å². The summed E-state index contributed by atoms with van der Waals surface area (Å²) in [6.07, 6.45) is 5.19. The lowest BCUT2D eigenvalue weighted by Crippen LogP contribution is -2.38. The van der Waals surface area contributed by atoms with Gasteiger partial charge in [-0.2, -0.15) is 5.10 Å². The van der Waals surface area contributed by atoms with Crippen LogP contribution in [-0.2, 0) is 22.7 Å². The molecule has 7 nitrogen and oxygen atoms in total. The summed E-state index contributed by atoms with van der Waals surface area (Å²) in [6.45, 7) is 3.43. The van der Waals surface area contributed by atoms with Crippen LogP contribution < -0.4 is 0 Å². The van der Waals surface area contributed by atoms with Crippen LogP contribution >= 0.6 is 0 Å². The molecule has 0 radical (unpaired) electrons. The van der Waals surface area contributed by atoms with E-state index in [-0.39, 0.29) is 24.5 Å². The van der Waals surface area contributed by atoms with Crippen LogP contribution in [0.2, 0.25) is 0 Å². The Morgan fingerprint density at radius 3 is 2.86 bits per heavy atom. The summed E-state index contributed by atoms with van der Waals surface area (Å²) >= 11 is 0. The van der Waals surface area contributed by atoms with Crippen LogP contribution in [0.4, 0.5) is 0 Å². The van der Waals surface area contributed by atoms with E-state index in [4.69, 9.17) is 0 Å². The second kappa shape index (κ2) is 7.40. The Morgan fingerprint density at radius 2 is 2.32 bits per heavy atom. The fourth-order valence-corrected chi connectivity index (χ4v) is 2.73. The molecule has 1 fully saturated rings. The normalized spacial score (nSPS) is 18.0. The van der Waals surface area contributed by atoms with Crippen molar-refractivity contribution >= 4 is 11.8 Å². The number of amides is 2. The van der Waals surface area contributed by atoms with E-state index in [1.54, 1.807) is 27.7 Å². The van der Waals surface area contributed by atoms with E-state index in [0.29, 0.717) is 25.9 Å². The molecular weight excluding hydrogens is 284 g/mol. The van der Waals surface area contributed by atoms with Crippen molar-refractivity contribution in [1.82, 2.24) is 19.6 Å². The van der Waals surface area contributed by atoms with Crippen LogP contribution in [0, 0.1) is 0 Å². The quantitative estimate of drug-likeness (QED) is 0.782. The molecule has 122 valence electrons. The van der Waals surface area contributed by atoms with Gasteiger partial charge in [-0.05, 0) is 13.3 Å². The first kappa shape index (κ1) is 16.5. The number of aliphatic hydroxyl groups excluding tert-OH is 1.